The smallest absolute Gasteiger partial charge is 0.237 e. The number of nitrogens with zero attached hydrogens (tertiary/aromatic N) is 5. The fraction of sp³-hybridized carbons (Fsp3) is 0.382. The maximum atomic E-state index is 13.8. The Morgan fingerprint density at radius 3 is 2.02 bits per heavy atom. The number of hydrogen-bond donors (Lipinski definition) is 2. The van der Waals surface area contributed by atoms with Crippen LogP contribution in [-0.4, -0.2) is 81.5 Å². The summed E-state index contributed by atoms with van der Waals surface area (Å²) < 4.78 is 25.0. The molecule has 0 saturated carbocycles. The van der Waals surface area contributed by atoms with E-state index >= 15 is 0 Å². The fourth-order valence-corrected chi connectivity index (χ4v) is 6.76. The molecular weight excluding hydrogens is 646 g/mol. The molecule has 6 rings (SSSR count). The van der Waals surface area contributed by atoms with Crippen LogP contribution in [0, 0.1) is 0 Å². The van der Waals surface area contributed by atoms with E-state index in [0.29, 0.717) is 80.5 Å². The maximum Gasteiger partial charge on any atom is 0.237 e. The van der Waals surface area contributed by atoms with Crippen molar-refractivity contribution in [3.8, 4) is 45.4 Å². The first-order valence-electron chi connectivity index (χ1n) is 15.5. The maximum absolute atomic E-state index is 13.8. The van der Waals surface area contributed by atoms with Gasteiger partial charge in [0, 0.05) is 54.4 Å². The average molecular weight is 682 g/mol. The second-order valence-corrected chi connectivity index (χ2v) is 12.5. The largest absolute Gasteiger partial charge is 0.480 e. The molecule has 47 heavy (non-hydrogen) atoms. The van der Waals surface area contributed by atoms with Crippen LogP contribution in [-0.2, 0) is 17.8 Å². The third-order valence-corrected chi connectivity index (χ3v) is 9.38. The molecule has 0 radical (unpaired) electrons. The number of benzene rings is 2. The number of likely N-dealkylation sites (tertiary alicyclic amines) is 1. The van der Waals surface area contributed by atoms with Gasteiger partial charge in [-0.1, -0.05) is 59.6 Å². The van der Waals surface area contributed by atoms with Gasteiger partial charge in [-0.3, -0.25) is 19.7 Å². The predicted molar refractivity (Wildman–Crippen MR) is 177 cm³/mol. The average Bonchev–Trinajstić information content (AvgIpc) is 3.64. The number of amides is 1. The van der Waals surface area contributed by atoms with Crippen molar-refractivity contribution in [3.05, 3.63) is 70.2 Å². The number of carbonyl (C=O) groups excluding carboxylic acids is 1. The summed E-state index contributed by atoms with van der Waals surface area (Å²) >= 11 is 14.0. The zero-order valence-electron chi connectivity index (χ0n) is 26.0. The number of hydrogen-bond acceptors (Lipinski definition) is 9. The molecular formula is C34H35Cl2FN6O4. The molecule has 0 unspecified atom stereocenters. The van der Waals surface area contributed by atoms with Crippen molar-refractivity contribution in [2.75, 3.05) is 27.3 Å². The number of carbonyl (C=O) groups is 1. The Kier molecular flexibility index (Phi) is 10.2. The van der Waals surface area contributed by atoms with Crippen molar-refractivity contribution in [1.82, 2.24) is 30.2 Å². The van der Waals surface area contributed by atoms with Crippen molar-refractivity contribution < 1.29 is 23.8 Å². The van der Waals surface area contributed by atoms with Crippen LogP contribution in [0.5, 0.6) is 11.8 Å². The van der Waals surface area contributed by atoms with Gasteiger partial charge in [0.15, 0.2) is 0 Å². The van der Waals surface area contributed by atoms with Gasteiger partial charge in [0.1, 0.15) is 17.6 Å². The van der Waals surface area contributed by atoms with Gasteiger partial charge in [-0.25, -0.2) is 14.4 Å². The molecule has 2 saturated heterocycles. The molecule has 10 nitrogen and oxygen atoms in total. The first-order chi connectivity index (χ1) is 22.7. The molecule has 3 atom stereocenters. The minimum Gasteiger partial charge on any atom is -0.480 e. The summed E-state index contributed by atoms with van der Waals surface area (Å²) in [7, 11) is 3.07. The van der Waals surface area contributed by atoms with E-state index in [2.05, 4.69) is 20.3 Å². The molecule has 0 aliphatic carbocycles. The normalized spacial score (nSPS) is 19.6. The summed E-state index contributed by atoms with van der Waals surface area (Å²) in [6, 6.07) is 11.4. The van der Waals surface area contributed by atoms with Crippen molar-refractivity contribution in [1.29, 1.82) is 0 Å². The lowest BCUT2D eigenvalue weighted by Crippen LogP contribution is -2.25. The van der Waals surface area contributed by atoms with Crippen LogP contribution in [0.15, 0.2) is 48.8 Å². The lowest BCUT2D eigenvalue weighted by atomic mass is 9.98. The Morgan fingerprint density at radius 1 is 0.915 bits per heavy atom. The lowest BCUT2D eigenvalue weighted by molar-refractivity contribution is -0.119. The predicted octanol–water partition coefficient (Wildman–Crippen LogP) is 5.71. The number of rotatable bonds is 11. The second kappa shape index (κ2) is 14.5. The van der Waals surface area contributed by atoms with E-state index in [-0.39, 0.29) is 25.0 Å². The molecule has 2 aromatic carbocycles. The molecule has 4 heterocycles. The zero-order valence-corrected chi connectivity index (χ0v) is 27.6. The number of aromatic nitrogens is 4. The van der Waals surface area contributed by atoms with Gasteiger partial charge in [-0.05, 0) is 25.7 Å². The minimum absolute atomic E-state index is 0.113. The number of β-amino-alcohol motifs (C(OH)–C–C–N with tert-alkyl or cyclic N) is 1. The van der Waals surface area contributed by atoms with Crippen molar-refractivity contribution in [3.63, 3.8) is 0 Å². The highest BCUT2D eigenvalue weighted by Crippen LogP contribution is 2.42. The van der Waals surface area contributed by atoms with Gasteiger partial charge in [0.2, 0.25) is 17.7 Å². The van der Waals surface area contributed by atoms with Gasteiger partial charge < -0.3 is 19.9 Å². The zero-order chi connectivity index (χ0) is 33.1. The lowest BCUT2D eigenvalue weighted by Gasteiger charge is -2.17. The highest BCUT2D eigenvalue weighted by molar-refractivity contribution is 6.39. The first kappa shape index (κ1) is 33.0. The van der Waals surface area contributed by atoms with Crippen LogP contribution in [0.3, 0.4) is 0 Å². The number of nitrogens with one attached hydrogen (secondary N) is 1. The highest BCUT2D eigenvalue weighted by atomic mass is 35.5. The number of methoxy groups -OCH3 is 2. The molecule has 4 aromatic rings. The van der Waals surface area contributed by atoms with E-state index < -0.39 is 12.3 Å². The number of aryl methyl sites for hydroxylation is 1. The van der Waals surface area contributed by atoms with Crippen LogP contribution in [0.2, 0.25) is 10.0 Å². The number of halogens is 3. The Hall–Kier alpha value is -3.90. The molecule has 2 fully saturated rings. The molecule has 0 spiro atoms. The van der Waals surface area contributed by atoms with Gasteiger partial charge >= 0.3 is 0 Å². The number of aliphatic hydroxyl groups is 1. The van der Waals surface area contributed by atoms with Crippen molar-refractivity contribution in [2.24, 2.45) is 0 Å². The van der Waals surface area contributed by atoms with Crippen molar-refractivity contribution >= 4 is 29.1 Å². The molecule has 2 aliphatic heterocycles. The number of aliphatic hydroxyl groups excluding tert-OH is 1. The monoisotopic (exact) mass is 680 g/mol. The van der Waals surface area contributed by atoms with E-state index in [1.165, 1.54) is 7.11 Å². The van der Waals surface area contributed by atoms with Crippen LogP contribution in [0.1, 0.15) is 37.1 Å². The highest BCUT2D eigenvalue weighted by Gasteiger charge is 2.32. The van der Waals surface area contributed by atoms with E-state index in [9.17, 15) is 14.3 Å². The molecule has 2 aromatic heterocycles. The van der Waals surface area contributed by atoms with E-state index in [0.717, 1.165) is 25.0 Å². The van der Waals surface area contributed by atoms with Crippen molar-refractivity contribution in [2.45, 2.75) is 57.0 Å². The number of ether oxygens (including phenoxy) is 2. The molecule has 246 valence electrons. The summed E-state index contributed by atoms with van der Waals surface area (Å²) in [6.45, 7) is 0.623. The molecule has 2 N–H and O–H groups in total. The Labute approximate surface area is 282 Å². The second-order valence-electron chi connectivity index (χ2n) is 11.7. The summed E-state index contributed by atoms with van der Waals surface area (Å²) in [5.41, 5.74) is 5.03. The fourth-order valence-electron chi connectivity index (χ4n) is 6.11. The summed E-state index contributed by atoms with van der Waals surface area (Å²) in [6.07, 6.45) is 4.84. The topological polar surface area (TPSA) is 123 Å². The molecule has 2 aliphatic rings. The Morgan fingerprint density at radius 2 is 1.49 bits per heavy atom. The third kappa shape index (κ3) is 7.18. The van der Waals surface area contributed by atoms with Gasteiger partial charge in [0.25, 0.3) is 0 Å². The van der Waals surface area contributed by atoms with Gasteiger partial charge in [-0.2, -0.15) is 0 Å². The summed E-state index contributed by atoms with van der Waals surface area (Å²) in [4.78, 5) is 31.9. The van der Waals surface area contributed by atoms with E-state index in [1.54, 1.807) is 24.4 Å². The van der Waals surface area contributed by atoms with Crippen LogP contribution in [0.4, 0.5) is 4.39 Å². The molecule has 1 amide bonds. The molecule has 0 bridgehead atoms. The third-order valence-electron chi connectivity index (χ3n) is 8.57. The summed E-state index contributed by atoms with van der Waals surface area (Å²) in [5, 5.41) is 13.7. The van der Waals surface area contributed by atoms with E-state index in [1.807, 2.05) is 36.4 Å². The van der Waals surface area contributed by atoms with Crippen LogP contribution < -0.4 is 14.8 Å². The SMILES string of the molecule is COc1nc(-c2cccc(-c3cccc(-c4cnc(CN5C[C@H](O)[C@@H](F)C5)c(OC)n4)c3Cl)c2Cl)cnc1CCC[C@@H]1CCC(=O)N1. The van der Waals surface area contributed by atoms with Crippen LogP contribution in [0.25, 0.3) is 33.6 Å². The van der Waals surface area contributed by atoms with Crippen LogP contribution >= 0.6 is 23.2 Å². The quantitative estimate of drug-likeness (QED) is 0.205. The van der Waals surface area contributed by atoms with Gasteiger partial charge in [-0.15, -0.1) is 0 Å². The van der Waals surface area contributed by atoms with Gasteiger partial charge in [0.05, 0.1) is 54.2 Å². The summed E-state index contributed by atoms with van der Waals surface area (Å²) in [5.74, 6) is 0.838. The Balaban J connectivity index is 1.24. The van der Waals surface area contributed by atoms with E-state index in [4.69, 9.17) is 37.7 Å². The molecule has 13 heteroatoms. The Bertz CT molecular complexity index is 1770. The minimum atomic E-state index is -1.29. The first-order valence-corrected chi connectivity index (χ1v) is 16.2. The standard InChI is InChI=1S/C34H35Cl2FN6O4/c1-46-33-25(11-3-6-19-12-13-30(45)40-19)38-14-26(41-33)22-9-4-7-20(31(22)35)21-8-5-10-23(32(21)36)27-15-39-28(34(42-27)47-2)17-43-16-24(37)29(44)18-43/h4-5,7-10,14-15,19,24,29,44H,3,6,11-13,16-18H2,1-2H3,(H,40,45)/t19-,24+,29+/m1/s1. The number of alkyl halides is 1.